The van der Waals surface area contributed by atoms with Gasteiger partial charge in [0.2, 0.25) is 0 Å². The highest BCUT2D eigenvalue weighted by Crippen LogP contribution is 2.36. The van der Waals surface area contributed by atoms with E-state index in [2.05, 4.69) is 4.99 Å². The molecule has 3 rings (SSSR count). The average Bonchev–Trinajstić information content (AvgIpc) is 2.70. The average molecular weight is 556 g/mol. The second-order valence-corrected chi connectivity index (χ2v) is 9.72. The van der Waals surface area contributed by atoms with E-state index < -0.39 is 10.1 Å². The third-order valence-electron chi connectivity index (χ3n) is 4.26. The Morgan fingerprint density at radius 2 is 1.73 bits per heavy atom. The molecule has 0 spiro atoms. The summed E-state index contributed by atoms with van der Waals surface area (Å²) in [6.07, 6.45) is 1.71. The monoisotopic (exact) mass is 555 g/mol. The molecule has 5 nitrogen and oxygen atoms in total. The van der Waals surface area contributed by atoms with Gasteiger partial charge in [0, 0.05) is 11.2 Å². The quantitative estimate of drug-likeness (QED) is 0.210. The lowest BCUT2D eigenvalue weighted by molar-refractivity contribution is 0.389. The van der Waals surface area contributed by atoms with Gasteiger partial charge in [-0.05, 0) is 95.6 Å². The predicted molar refractivity (Wildman–Crippen MR) is 128 cm³/mol. The van der Waals surface area contributed by atoms with E-state index in [-0.39, 0.29) is 10.6 Å². The zero-order valence-electron chi connectivity index (χ0n) is 16.5. The number of aryl methyl sites for hydroxylation is 2. The van der Waals surface area contributed by atoms with Crippen LogP contribution in [0.4, 0.5) is 5.69 Å². The van der Waals surface area contributed by atoms with E-state index in [1.54, 1.807) is 18.3 Å². The van der Waals surface area contributed by atoms with Crippen molar-refractivity contribution in [1.29, 1.82) is 0 Å². The first-order valence-electron chi connectivity index (χ1n) is 8.88. The summed E-state index contributed by atoms with van der Waals surface area (Å²) in [5.41, 5.74) is 3.81. The third-order valence-corrected chi connectivity index (χ3v) is 6.55. The minimum Gasteiger partial charge on any atom is -0.493 e. The first-order valence-corrected chi connectivity index (χ1v) is 11.7. The first kappa shape index (κ1) is 22.6. The van der Waals surface area contributed by atoms with E-state index in [0.29, 0.717) is 14.3 Å². The molecule has 0 aliphatic carbocycles. The van der Waals surface area contributed by atoms with E-state index in [9.17, 15) is 8.42 Å². The van der Waals surface area contributed by atoms with E-state index in [1.165, 1.54) is 31.4 Å². The van der Waals surface area contributed by atoms with Crippen molar-refractivity contribution in [3.63, 3.8) is 0 Å². The van der Waals surface area contributed by atoms with Crippen LogP contribution in [0.25, 0.3) is 0 Å². The number of hydrogen-bond donors (Lipinski definition) is 0. The molecule has 0 amide bonds. The predicted octanol–water partition coefficient (Wildman–Crippen LogP) is 6.09. The Labute approximate surface area is 195 Å². The SMILES string of the molecule is COc1cc(C=Nc2cc(C)ccc2C)cc(I)c1OS(=O)(=O)c1ccc(Cl)cc1. The zero-order valence-corrected chi connectivity index (χ0v) is 20.2. The van der Waals surface area contributed by atoms with Crippen LogP contribution in [-0.4, -0.2) is 21.7 Å². The Bertz CT molecular complexity index is 1210. The fraction of sp³-hybridized carbons (Fsp3) is 0.136. The molecule has 0 fully saturated rings. The largest absolute Gasteiger partial charge is 0.493 e. The maximum absolute atomic E-state index is 12.6. The molecule has 0 saturated heterocycles. The highest BCUT2D eigenvalue weighted by molar-refractivity contribution is 14.1. The molecule has 3 aromatic rings. The van der Waals surface area contributed by atoms with E-state index in [1.807, 2.05) is 54.6 Å². The van der Waals surface area contributed by atoms with Gasteiger partial charge in [-0.3, -0.25) is 4.99 Å². The third kappa shape index (κ3) is 5.33. The van der Waals surface area contributed by atoms with Gasteiger partial charge in [0.05, 0.1) is 16.4 Å². The molecule has 3 aromatic carbocycles. The lowest BCUT2D eigenvalue weighted by Crippen LogP contribution is -2.11. The Balaban J connectivity index is 1.93. The maximum Gasteiger partial charge on any atom is 0.339 e. The van der Waals surface area contributed by atoms with Crippen molar-refractivity contribution in [2.45, 2.75) is 18.7 Å². The van der Waals surface area contributed by atoms with Gasteiger partial charge in [-0.25, -0.2) is 0 Å². The highest BCUT2D eigenvalue weighted by Gasteiger charge is 2.22. The van der Waals surface area contributed by atoms with E-state index in [4.69, 9.17) is 20.5 Å². The standard InChI is InChI=1S/C22H19ClINO4S/c1-14-4-5-15(2)20(10-14)25-13-16-11-19(24)22(21(12-16)28-3)29-30(26,27)18-8-6-17(23)7-9-18/h4-13H,1-3H3. The van der Waals surface area contributed by atoms with Crippen LogP contribution in [0, 0.1) is 17.4 Å². The lowest BCUT2D eigenvalue weighted by atomic mass is 10.1. The normalized spacial score (nSPS) is 11.6. The summed E-state index contributed by atoms with van der Waals surface area (Å²) in [6, 6.07) is 15.3. The Kier molecular flexibility index (Phi) is 7.05. The van der Waals surface area contributed by atoms with Crippen LogP contribution in [0.15, 0.2) is 64.5 Å². The number of benzene rings is 3. The second kappa shape index (κ2) is 9.36. The van der Waals surface area contributed by atoms with E-state index >= 15 is 0 Å². The number of rotatable bonds is 6. The molecule has 156 valence electrons. The summed E-state index contributed by atoms with van der Waals surface area (Å²) in [5, 5.41) is 0.439. The number of methoxy groups -OCH3 is 1. The van der Waals surface area contributed by atoms with Crippen LogP contribution in [0.3, 0.4) is 0 Å². The summed E-state index contributed by atoms with van der Waals surface area (Å²) in [4.78, 5) is 4.56. The lowest BCUT2D eigenvalue weighted by Gasteiger charge is -2.13. The van der Waals surface area contributed by atoms with Crippen molar-refractivity contribution in [1.82, 2.24) is 0 Å². The Morgan fingerprint density at radius 3 is 2.40 bits per heavy atom. The van der Waals surface area contributed by atoms with Crippen molar-refractivity contribution in [3.05, 3.63) is 79.9 Å². The molecule has 0 heterocycles. The molecule has 0 saturated carbocycles. The summed E-state index contributed by atoms with van der Waals surface area (Å²) >= 11 is 7.85. The Morgan fingerprint density at radius 1 is 1.03 bits per heavy atom. The first-order chi connectivity index (χ1) is 14.2. The minimum atomic E-state index is -4.04. The molecule has 8 heteroatoms. The van der Waals surface area contributed by atoms with Crippen LogP contribution in [-0.2, 0) is 10.1 Å². The van der Waals surface area contributed by atoms with Crippen molar-refractivity contribution in [3.8, 4) is 11.5 Å². The minimum absolute atomic E-state index is 0.00492. The molecule has 0 aliphatic heterocycles. The zero-order chi connectivity index (χ0) is 21.9. The number of aliphatic imine (C=N–C) groups is 1. The van der Waals surface area contributed by atoms with Gasteiger partial charge in [0.25, 0.3) is 0 Å². The molecule has 0 bridgehead atoms. The van der Waals surface area contributed by atoms with Gasteiger partial charge in [-0.1, -0.05) is 23.7 Å². The number of halogens is 2. The smallest absolute Gasteiger partial charge is 0.339 e. The molecular formula is C22H19ClINO4S. The molecule has 0 unspecified atom stereocenters. The number of nitrogens with zero attached hydrogens (tertiary/aromatic N) is 1. The number of ether oxygens (including phenoxy) is 1. The van der Waals surface area contributed by atoms with E-state index in [0.717, 1.165) is 22.4 Å². The van der Waals surface area contributed by atoms with Gasteiger partial charge in [-0.2, -0.15) is 8.42 Å². The number of hydrogen-bond acceptors (Lipinski definition) is 5. The van der Waals surface area contributed by atoms with Gasteiger partial charge in [0.15, 0.2) is 11.5 Å². The highest BCUT2D eigenvalue weighted by atomic mass is 127. The van der Waals surface area contributed by atoms with Crippen molar-refractivity contribution in [2.75, 3.05) is 7.11 Å². The molecule has 30 heavy (non-hydrogen) atoms. The fourth-order valence-electron chi connectivity index (χ4n) is 2.66. The van der Waals surface area contributed by atoms with Gasteiger partial charge >= 0.3 is 10.1 Å². The summed E-state index contributed by atoms with van der Waals surface area (Å²) < 4.78 is 36.6. The summed E-state index contributed by atoms with van der Waals surface area (Å²) in [6.45, 7) is 4.01. The fourth-order valence-corrected chi connectivity index (χ4v) is 4.62. The second-order valence-electron chi connectivity index (χ2n) is 6.57. The maximum atomic E-state index is 12.6. The van der Waals surface area contributed by atoms with Crippen LogP contribution >= 0.6 is 34.2 Å². The van der Waals surface area contributed by atoms with Gasteiger partial charge in [0.1, 0.15) is 4.90 Å². The molecule has 0 N–H and O–H groups in total. The molecular weight excluding hydrogens is 537 g/mol. The van der Waals surface area contributed by atoms with Crippen LogP contribution in [0.5, 0.6) is 11.5 Å². The van der Waals surface area contributed by atoms with Crippen LogP contribution < -0.4 is 8.92 Å². The molecule has 0 radical (unpaired) electrons. The summed E-state index contributed by atoms with van der Waals surface area (Å²) in [7, 11) is -2.58. The Hall–Kier alpha value is -2.10. The molecule has 0 aliphatic rings. The summed E-state index contributed by atoms with van der Waals surface area (Å²) in [5.74, 6) is 0.416. The van der Waals surface area contributed by atoms with Crippen LogP contribution in [0.2, 0.25) is 5.02 Å². The van der Waals surface area contributed by atoms with Crippen LogP contribution in [0.1, 0.15) is 16.7 Å². The molecule has 0 aromatic heterocycles. The topological polar surface area (TPSA) is 65.0 Å². The van der Waals surface area contributed by atoms with Gasteiger partial charge < -0.3 is 8.92 Å². The van der Waals surface area contributed by atoms with Crippen molar-refractivity contribution < 1.29 is 17.3 Å². The molecule has 0 atom stereocenters. The van der Waals surface area contributed by atoms with Gasteiger partial charge in [-0.15, -0.1) is 0 Å². The van der Waals surface area contributed by atoms with Crippen molar-refractivity contribution >= 4 is 56.2 Å². The van der Waals surface area contributed by atoms with Crippen molar-refractivity contribution in [2.24, 2.45) is 4.99 Å².